The van der Waals surface area contributed by atoms with Crippen LogP contribution in [0.2, 0.25) is 10.0 Å². The minimum Gasteiger partial charge on any atom is -0.365 e. The van der Waals surface area contributed by atoms with E-state index < -0.39 is 0 Å². The van der Waals surface area contributed by atoms with Gasteiger partial charge < -0.3 is 5.32 Å². The second-order valence-corrected chi connectivity index (χ2v) is 7.05. The van der Waals surface area contributed by atoms with Gasteiger partial charge in [0.05, 0.1) is 17.6 Å². The third kappa shape index (κ3) is 4.30. The first-order valence-corrected chi connectivity index (χ1v) is 9.46. The molecule has 0 saturated heterocycles. The lowest BCUT2D eigenvalue weighted by molar-refractivity contribution is 1.07. The summed E-state index contributed by atoms with van der Waals surface area (Å²) in [6.07, 6.45) is 5.31. The van der Waals surface area contributed by atoms with E-state index in [0.717, 1.165) is 28.1 Å². The third-order valence-corrected chi connectivity index (χ3v) is 4.71. The summed E-state index contributed by atoms with van der Waals surface area (Å²) >= 11 is 12.1. The standard InChI is InChI=1S/C22H16Cl2N4/c23-18-7-3-16(4-8-18)21-22(17-5-9-19(24)10-6-17)28-20(14-27-21)26-13-15-2-1-11-25-12-15/h1-12,14H,13H2,(H,26,28). The summed E-state index contributed by atoms with van der Waals surface area (Å²) in [5.74, 6) is 0.687. The Morgan fingerprint density at radius 3 is 2.00 bits per heavy atom. The van der Waals surface area contributed by atoms with Crippen molar-refractivity contribution in [1.29, 1.82) is 0 Å². The maximum Gasteiger partial charge on any atom is 0.145 e. The molecule has 6 heteroatoms. The molecule has 0 aliphatic rings. The van der Waals surface area contributed by atoms with Crippen molar-refractivity contribution < 1.29 is 0 Å². The third-order valence-electron chi connectivity index (χ3n) is 4.20. The van der Waals surface area contributed by atoms with Crippen LogP contribution in [0.5, 0.6) is 0 Å². The number of hydrogen-bond acceptors (Lipinski definition) is 4. The number of anilines is 1. The fourth-order valence-corrected chi connectivity index (χ4v) is 3.05. The first-order chi connectivity index (χ1) is 13.7. The smallest absolute Gasteiger partial charge is 0.145 e. The SMILES string of the molecule is Clc1ccc(-c2ncc(NCc3cccnc3)nc2-c2ccc(Cl)cc2)cc1. The zero-order valence-corrected chi connectivity index (χ0v) is 16.3. The fraction of sp³-hybridized carbons (Fsp3) is 0.0455. The van der Waals surface area contributed by atoms with Gasteiger partial charge in [0, 0.05) is 40.1 Å². The summed E-state index contributed by atoms with van der Waals surface area (Å²) in [5, 5.41) is 4.67. The molecule has 0 unspecified atom stereocenters. The molecule has 28 heavy (non-hydrogen) atoms. The average molecular weight is 407 g/mol. The summed E-state index contributed by atoms with van der Waals surface area (Å²) in [7, 11) is 0. The highest BCUT2D eigenvalue weighted by Gasteiger charge is 2.12. The highest BCUT2D eigenvalue weighted by Crippen LogP contribution is 2.31. The van der Waals surface area contributed by atoms with Gasteiger partial charge in [0.1, 0.15) is 5.82 Å². The number of pyridine rings is 1. The highest BCUT2D eigenvalue weighted by atomic mass is 35.5. The number of nitrogens with zero attached hydrogens (tertiary/aromatic N) is 3. The molecule has 0 aliphatic heterocycles. The van der Waals surface area contributed by atoms with Crippen molar-refractivity contribution in [3.8, 4) is 22.5 Å². The van der Waals surface area contributed by atoms with E-state index in [-0.39, 0.29) is 0 Å². The van der Waals surface area contributed by atoms with Gasteiger partial charge in [0.25, 0.3) is 0 Å². The van der Waals surface area contributed by atoms with E-state index in [2.05, 4.69) is 15.3 Å². The molecule has 2 aromatic carbocycles. The molecule has 0 radical (unpaired) electrons. The predicted octanol–water partition coefficient (Wildman–Crippen LogP) is 6.12. The average Bonchev–Trinajstić information content (AvgIpc) is 2.74. The first kappa shape index (κ1) is 18.4. The van der Waals surface area contributed by atoms with Gasteiger partial charge in [0.15, 0.2) is 0 Å². The van der Waals surface area contributed by atoms with Crippen LogP contribution in [0.3, 0.4) is 0 Å². The molecule has 138 valence electrons. The van der Waals surface area contributed by atoms with Crippen LogP contribution in [0.25, 0.3) is 22.5 Å². The van der Waals surface area contributed by atoms with Crippen LogP contribution in [0, 0.1) is 0 Å². The van der Waals surface area contributed by atoms with Gasteiger partial charge in [-0.25, -0.2) is 4.98 Å². The van der Waals surface area contributed by atoms with Crippen molar-refractivity contribution in [3.05, 3.63) is 94.9 Å². The molecule has 0 fully saturated rings. The lowest BCUT2D eigenvalue weighted by Crippen LogP contribution is -2.04. The molecule has 2 heterocycles. The van der Waals surface area contributed by atoms with E-state index in [1.54, 1.807) is 12.4 Å². The van der Waals surface area contributed by atoms with Crippen molar-refractivity contribution in [2.75, 3.05) is 5.32 Å². The number of rotatable bonds is 5. The monoisotopic (exact) mass is 406 g/mol. The van der Waals surface area contributed by atoms with Crippen molar-refractivity contribution in [2.24, 2.45) is 0 Å². The van der Waals surface area contributed by atoms with Crippen LogP contribution in [0.1, 0.15) is 5.56 Å². The maximum absolute atomic E-state index is 6.05. The van der Waals surface area contributed by atoms with Crippen molar-refractivity contribution in [2.45, 2.75) is 6.54 Å². The zero-order chi connectivity index (χ0) is 19.3. The van der Waals surface area contributed by atoms with Gasteiger partial charge in [-0.1, -0.05) is 53.5 Å². The normalized spacial score (nSPS) is 10.6. The number of nitrogens with one attached hydrogen (secondary N) is 1. The number of benzene rings is 2. The number of hydrogen-bond donors (Lipinski definition) is 1. The van der Waals surface area contributed by atoms with Gasteiger partial charge >= 0.3 is 0 Å². The van der Waals surface area contributed by atoms with Crippen LogP contribution in [0.4, 0.5) is 5.82 Å². The lowest BCUT2D eigenvalue weighted by Gasteiger charge is -2.12. The topological polar surface area (TPSA) is 50.7 Å². The Hall–Kier alpha value is -2.95. The Kier molecular flexibility index (Phi) is 5.51. The molecular formula is C22H16Cl2N4. The van der Waals surface area contributed by atoms with E-state index in [1.165, 1.54) is 0 Å². The Bertz CT molecular complexity index is 1070. The van der Waals surface area contributed by atoms with E-state index in [1.807, 2.05) is 66.9 Å². The Balaban J connectivity index is 1.71. The maximum atomic E-state index is 6.05. The number of aromatic nitrogens is 3. The van der Waals surface area contributed by atoms with Crippen molar-refractivity contribution in [3.63, 3.8) is 0 Å². The second kappa shape index (κ2) is 8.38. The first-order valence-electron chi connectivity index (χ1n) is 8.71. The van der Waals surface area contributed by atoms with Gasteiger partial charge in [-0.3, -0.25) is 9.97 Å². The largest absolute Gasteiger partial charge is 0.365 e. The summed E-state index contributed by atoms with van der Waals surface area (Å²) < 4.78 is 0. The lowest BCUT2D eigenvalue weighted by atomic mass is 10.0. The molecule has 4 nitrogen and oxygen atoms in total. The molecule has 0 atom stereocenters. The summed E-state index contributed by atoms with van der Waals surface area (Å²) in [5.41, 5.74) is 4.51. The van der Waals surface area contributed by atoms with E-state index >= 15 is 0 Å². The summed E-state index contributed by atoms with van der Waals surface area (Å²) in [6.45, 7) is 0.614. The Labute approximate surface area is 173 Å². The van der Waals surface area contributed by atoms with Crippen LogP contribution in [0.15, 0.2) is 79.3 Å². The number of halogens is 2. The van der Waals surface area contributed by atoms with Gasteiger partial charge in [-0.05, 0) is 35.9 Å². The summed E-state index contributed by atoms with van der Waals surface area (Å²) in [4.78, 5) is 13.6. The predicted molar refractivity (Wildman–Crippen MR) is 114 cm³/mol. The molecule has 0 spiro atoms. The van der Waals surface area contributed by atoms with E-state index in [4.69, 9.17) is 28.2 Å². The minimum atomic E-state index is 0.614. The fourth-order valence-electron chi connectivity index (χ4n) is 2.80. The van der Waals surface area contributed by atoms with Gasteiger partial charge in [-0.15, -0.1) is 0 Å². The molecule has 4 aromatic rings. The van der Waals surface area contributed by atoms with Crippen LogP contribution in [-0.2, 0) is 6.54 Å². The van der Waals surface area contributed by atoms with Gasteiger partial charge in [0.2, 0.25) is 0 Å². The van der Waals surface area contributed by atoms with E-state index in [0.29, 0.717) is 22.4 Å². The van der Waals surface area contributed by atoms with Crippen LogP contribution < -0.4 is 5.32 Å². The molecule has 2 aromatic heterocycles. The minimum absolute atomic E-state index is 0.614. The molecule has 0 amide bonds. The molecule has 1 N–H and O–H groups in total. The molecule has 0 saturated carbocycles. The second-order valence-electron chi connectivity index (χ2n) is 6.18. The molecule has 0 aliphatic carbocycles. The summed E-state index contributed by atoms with van der Waals surface area (Å²) in [6, 6.07) is 19.1. The van der Waals surface area contributed by atoms with Crippen molar-refractivity contribution >= 4 is 29.0 Å². The molecular weight excluding hydrogens is 391 g/mol. The quantitative estimate of drug-likeness (QED) is 0.433. The van der Waals surface area contributed by atoms with Gasteiger partial charge in [-0.2, -0.15) is 0 Å². The Morgan fingerprint density at radius 2 is 1.39 bits per heavy atom. The van der Waals surface area contributed by atoms with E-state index in [9.17, 15) is 0 Å². The van der Waals surface area contributed by atoms with Crippen molar-refractivity contribution in [1.82, 2.24) is 15.0 Å². The van der Waals surface area contributed by atoms with Crippen LogP contribution >= 0.6 is 23.2 Å². The Morgan fingerprint density at radius 1 is 0.750 bits per heavy atom. The highest BCUT2D eigenvalue weighted by molar-refractivity contribution is 6.31. The molecule has 0 bridgehead atoms. The zero-order valence-electron chi connectivity index (χ0n) is 14.8. The van der Waals surface area contributed by atoms with Crippen LogP contribution in [-0.4, -0.2) is 15.0 Å². The molecule has 4 rings (SSSR count).